The highest BCUT2D eigenvalue weighted by molar-refractivity contribution is 5.53. The summed E-state index contributed by atoms with van der Waals surface area (Å²) in [5.74, 6) is 0.944. The number of aliphatic hydroxyl groups is 1. The van der Waals surface area contributed by atoms with Crippen molar-refractivity contribution >= 4 is 6.29 Å². The molecule has 2 unspecified atom stereocenters. The van der Waals surface area contributed by atoms with Crippen LogP contribution in [0.15, 0.2) is 0 Å². The third-order valence-corrected chi connectivity index (χ3v) is 4.28. The zero-order valence-corrected chi connectivity index (χ0v) is 10.7. The van der Waals surface area contributed by atoms with Gasteiger partial charge in [-0.15, -0.1) is 0 Å². The molecule has 0 amide bonds. The first kappa shape index (κ1) is 13.0. The molecule has 1 saturated heterocycles. The highest BCUT2D eigenvalue weighted by Crippen LogP contribution is 2.29. The summed E-state index contributed by atoms with van der Waals surface area (Å²) in [6.07, 6.45) is 9.25. The van der Waals surface area contributed by atoms with Gasteiger partial charge in [-0.1, -0.05) is 25.7 Å². The van der Waals surface area contributed by atoms with E-state index in [0.717, 1.165) is 51.1 Å². The number of aldehydes is 1. The molecule has 3 nitrogen and oxygen atoms in total. The van der Waals surface area contributed by atoms with Crippen LogP contribution in [-0.2, 0) is 4.79 Å². The van der Waals surface area contributed by atoms with E-state index in [1.54, 1.807) is 0 Å². The lowest BCUT2D eigenvalue weighted by Crippen LogP contribution is -2.41. The number of β-amino-alcohol motifs (C(OH)–C–C–N with tert-alkyl or cyclic N) is 1. The first-order chi connectivity index (χ1) is 8.28. The smallest absolute Gasteiger partial charge is 0.124 e. The number of rotatable bonds is 5. The Bertz CT molecular complexity index is 238. The van der Waals surface area contributed by atoms with Gasteiger partial charge in [-0.3, -0.25) is 0 Å². The summed E-state index contributed by atoms with van der Waals surface area (Å²) in [6, 6.07) is 0. The Morgan fingerprint density at radius 1 is 1.24 bits per heavy atom. The molecule has 0 aromatic heterocycles. The normalized spacial score (nSPS) is 29.4. The second-order valence-electron chi connectivity index (χ2n) is 5.84. The Labute approximate surface area is 104 Å². The van der Waals surface area contributed by atoms with Crippen LogP contribution in [0.25, 0.3) is 0 Å². The Balaban J connectivity index is 1.69. The summed E-state index contributed by atoms with van der Waals surface area (Å²) in [5.41, 5.74) is 0. The molecular formula is C14H25NO2. The summed E-state index contributed by atoms with van der Waals surface area (Å²) in [7, 11) is 0. The van der Waals surface area contributed by atoms with Gasteiger partial charge in [0.15, 0.2) is 0 Å². The van der Waals surface area contributed by atoms with Crippen molar-refractivity contribution in [2.24, 2.45) is 11.8 Å². The molecule has 0 radical (unpaired) electrons. The van der Waals surface area contributed by atoms with Crippen LogP contribution in [0.4, 0.5) is 0 Å². The molecule has 1 aliphatic heterocycles. The third kappa shape index (κ3) is 4.07. The summed E-state index contributed by atoms with van der Waals surface area (Å²) >= 11 is 0. The van der Waals surface area contributed by atoms with Crippen molar-refractivity contribution in [1.82, 2.24) is 4.90 Å². The first-order valence-electron chi connectivity index (χ1n) is 7.13. The number of carbonyl (C=O) groups excluding carboxylic acids is 1. The molecule has 1 N–H and O–H groups in total. The van der Waals surface area contributed by atoms with Gasteiger partial charge in [0.25, 0.3) is 0 Å². The van der Waals surface area contributed by atoms with Crippen molar-refractivity contribution < 1.29 is 9.90 Å². The average Bonchev–Trinajstić information content (AvgIpc) is 2.82. The van der Waals surface area contributed by atoms with E-state index in [2.05, 4.69) is 4.90 Å². The molecule has 2 aliphatic rings. The fourth-order valence-electron chi connectivity index (χ4n) is 3.37. The molecule has 0 aromatic rings. The SMILES string of the molecule is O=CC1CCCN(CC(O)CC2CCCC2)C1. The summed E-state index contributed by atoms with van der Waals surface area (Å²) in [4.78, 5) is 13.0. The zero-order valence-electron chi connectivity index (χ0n) is 10.7. The molecule has 3 heteroatoms. The maximum atomic E-state index is 10.8. The monoisotopic (exact) mass is 239 g/mol. The summed E-state index contributed by atoms with van der Waals surface area (Å²) in [6.45, 7) is 2.66. The van der Waals surface area contributed by atoms with E-state index in [4.69, 9.17) is 0 Å². The standard InChI is InChI=1S/C14H25NO2/c16-11-13-6-3-7-15(9-13)10-14(17)8-12-4-1-2-5-12/h11-14,17H,1-10H2. The van der Waals surface area contributed by atoms with Gasteiger partial charge in [0.1, 0.15) is 6.29 Å². The van der Waals surface area contributed by atoms with Gasteiger partial charge in [-0.25, -0.2) is 0 Å². The Hall–Kier alpha value is -0.410. The predicted octanol–water partition coefficient (Wildman–Crippen LogP) is 1.84. The van der Waals surface area contributed by atoms with Crippen LogP contribution in [0, 0.1) is 11.8 Å². The van der Waals surface area contributed by atoms with Crippen molar-refractivity contribution in [2.45, 2.75) is 51.0 Å². The molecule has 2 rings (SSSR count). The highest BCUT2D eigenvalue weighted by Gasteiger charge is 2.23. The van der Waals surface area contributed by atoms with Crippen molar-refractivity contribution in [3.63, 3.8) is 0 Å². The predicted molar refractivity (Wildman–Crippen MR) is 67.8 cm³/mol. The van der Waals surface area contributed by atoms with Gasteiger partial charge in [0, 0.05) is 19.0 Å². The second kappa shape index (κ2) is 6.50. The molecular weight excluding hydrogens is 214 g/mol. The number of nitrogens with zero attached hydrogens (tertiary/aromatic N) is 1. The minimum absolute atomic E-state index is 0.191. The Morgan fingerprint density at radius 2 is 2.00 bits per heavy atom. The number of piperidine rings is 1. The van der Waals surface area contributed by atoms with E-state index in [-0.39, 0.29) is 12.0 Å². The van der Waals surface area contributed by atoms with Crippen LogP contribution in [0.1, 0.15) is 44.9 Å². The van der Waals surface area contributed by atoms with Gasteiger partial charge >= 0.3 is 0 Å². The van der Waals surface area contributed by atoms with Crippen LogP contribution in [-0.4, -0.2) is 42.0 Å². The van der Waals surface area contributed by atoms with Crippen LogP contribution in [0.2, 0.25) is 0 Å². The van der Waals surface area contributed by atoms with E-state index in [1.165, 1.54) is 25.7 Å². The molecule has 1 heterocycles. The lowest BCUT2D eigenvalue weighted by Gasteiger charge is -2.32. The number of hydrogen-bond acceptors (Lipinski definition) is 3. The van der Waals surface area contributed by atoms with E-state index >= 15 is 0 Å². The van der Waals surface area contributed by atoms with E-state index in [0.29, 0.717) is 0 Å². The lowest BCUT2D eigenvalue weighted by molar-refractivity contribution is -0.112. The van der Waals surface area contributed by atoms with Crippen molar-refractivity contribution in [2.75, 3.05) is 19.6 Å². The summed E-state index contributed by atoms with van der Waals surface area (Å²) in [5, 5.41) is 10.1. The summed E-state index contributed by atoms with van der Waals surface area (Å²) < 4.78 is 0. The molecule has 1 saturated carbocycles. The number of aliphatic hydroxyl groups excluding tert-OH is 1. The number of likely N-dealkylation sites (tertiary alicyclic amines) is 1. The quantitative estimate of drug-likeness (QED) is 0.744. The molecule has 98 valence electrons. The molecule has 0 spiro atoms. The average molecular weight is 239 g/mol. The zero-order chi connectivity index (χ0) is 12.1. The van der Waals surface area contributed by atoms with Crippen molar-refractivity contribution in [1.29, 1.82) is 0 Å². The molecule has 1 aliphatic carbocycles. The minimum Gasteiger partial charge on any atom is -0.392 e. The van der Waals surface area contributed by atoms with Gasteiger partial charge in [0.05, 0.1) is 6.10 Å². The fourth-order valence-corrected chi connectivity index (χ4v) is 3.37. The highest BCUT2D eigenvalue weighted by atomic mass is 16.3. The Morgan fingerprint density at radius 3 is 2.71 bits per heavy atom. The van der Waals surface area contributed by atoms with Crippen LogP contribution >= 0.6 is 0 Å². The van der Waals surface area contributed by atoms with Gasteiger partial charge in [-0.05, 0) is 31.7 Å². The molecule has 17 heavy (non-hydrogen) atoms. The minimum atomic E-state index is -0.191. The van der Waals surface area contributed by atoms with Gasteiger partial charge in [0.2, 0.25) is 0 Å². The maximum absolute atomic E-state index is 10.8. The van der Waals surface area contributed by atoms with E-state index in [1.807, 2.05) is 0 Å². The topological polar surface area (TPSA) is 40.5 Å². The largest absolute Gasteiger partial charge is 0.392 e. The van der Waals surface area contributed by atoms with E-state index < -0.39 is 0 Å². The second-order valence-corrected chi connectivity index (χ2v) is 5.84. The third-order valence-electron chi connectivity index (χ3n) is 4.28. The van der Waals surface area contributed by atoms with Crippen LogP contribution in [0.3, 0.4) is 0 Å². The van der Waals surface area contributed by atoms with Crippen molar-refractivity contribution in [3.05, 3.63) is 0 Å². The van der Waals surface area contributed by atoms with Crippen LogP contribution in [0.5, 0.6) is 0 Å². The molecule has 0 bridgehead atoms. The lowest BCUT2D eigenvalue weighted by atomic mass is 9.97. The number of hydrogen-bond donors (Lipinski definition) is 1. The number of carbonyl (C=O) groups is 1. The van der Waals surface area contributed by atoms with Gasteiger partial charge in [-0.2, -0.15) is 0 Å². The fraction of sp³-hybridized carbons (Fsp3) is 0.929. The van der Waals surface area contributed by atoms with Crippen LogP contribution < -0.4 is 0 Å². The van der Waals surface area contributed by atoms with Gasteiger partial charge < -0.3 is 14.8 Å². The van der Waals surface area contributed by atoms with Crippen molar-refractivity contribution in [3.8, 4) is 0 Å². The maximum Gasteiger partial charge on any atom is 0.124 e. The van der Waals surface area contributed by atoms with E-state index in [9.17, 15) is 9.90 Å². The molecule has 0 aromatic carbocycles. The Kier molecular flexibility index (Phi) is 4.99. The molecule has 2 atom stereocenters. The first-order valence-corrected chi connectivity index (χ1v) is 7.13. The molecule has 2 fully saturated rings.